The van der Waals surface area contributed by atoms with E-state index in [2.05, 4.69) is 10.6 Å². The lowest BCUT2D eigenvalue weighted by Gasteiger charge is -2.14. The minimum atomic E-state index is -0.448. The number of methoxy groups -OCH3 is 2. The molecule has 0 saturated carbocycles. The van der Waals surface area contributed by atoms with E-state index in [9.17, 15) is 4.79 Å². The summed E-state index contributed by atoms with van der Waals surface area (Å²) in [5, 5.41) is 5.79. The van der Waals surface area contributed by atoms with Gasteiger partial charge in [0, 0.05) is 23.9 Å². The molecule has 0 saturated heterocycles. The van der Waals surface area contributed by atoms with Gasteiger partial charge in [-0.25, -0.2) is 4.79 Å². The van der Waals surface area contributed by atoms with Crippen LogP contribution < -0.4 is 29.6 Å². The van der Waals surface area contributed by atoms with E-state index in [4.69, 9.17) is 30.5 Å². The van der Waals surface area contributed by atoms with Gasteiger partial charge in [0.15, 0.2) is 11.5 Å². The number of hydrogen-bond acceptors (Lipinski definition) is 5. The first kappa shape index (κ1) is 16.1. The average Bonchev–Trinajstić information content (AvgIpc) is 3.03. The number of nitrogens with one attached hydrogen (secondary N) is 2. The number of carbonyl (C=O) groups excluding carboxylic acids is 1. The molecule has 2 aromatic carbocycles. The molecule has 126 valence electrons. The zero-order valence-corrected chi connectivity index (χ0v) is 13.8. The van der Waals surface area contributed by atoms with Crippen molar-refractivity contribution in [3.8, 4) is 23.0 Å². The van der Waals surface area contributed by atoms with E-state index < -0.39 is 6.03 Å². The van der Waals surface area contributed by atoms with E-state index in [0.717, 1.165) is 0 Å². The SMILES string of the molecule is COc1cc(NC(=O)Nc2ccc3c(c2)OCO3)c(OC)cc1Cl. The van der Waals surface area contributed by atoms with Gasteiger partial charge in [-0.1, -0.05) is 11.6 Å². The number of rotatable bonds is 4. The van der Waals surface area contributed by atoms with Crippen LogP contribution in [0.5, 0.6) is 23.0 Å². The van der Waals surface area contributed by atoms with Gasteiger partial charge in [0.1, 0.15) is 11.5 Å². The van der Waals surface area contributed by atoms with Crippen LogP contribution in [0.2, 0.25) is 5.02 Å². The third-order valence-corrected chi connectivity index (χ3v) is 3.65. The van der Waals surface area contributed by atoms with Gasteiger partial charge in [0.2, 0.25) is 6.79 Å². The predicted molar refractivity (Wildman–Crippen MR) is 89.8 cm³/mol. The lowest BCUT2D eigenvalue weighted by molar-refractivity contribution is 0.174. The molecule has 8 heteroatoms. The van der Waals surface area contributed by atoms with Gasteiger partial charge in [-0.05, 0) is 12.1 Å². The third-order valence-electron chi connectivity index (χ3n) is 3.35. The van der Waals surface area contributed by atoms with Crippen molar-refractivity contribution in [2.45, 2.75) is 0 Å². The Kier molecular flexibility index (Phi) is 4.52. The number of fused-ring (bicyclic) bond motifs is 1. The molecule has 1 heterocycles. The van der Waals surface area contributed by atoms with Crippen molar-refractivity contribution in [1.29, 1.82) is 0 Å². The summed E-state index contributed by atoms with van der Waals surface area (Å²) in [6.07, 6.45) is 0. The van der Waals surface area contributed by atoms with Crippen molar-refractivity contribution in [3.63, 3.8) is 0 Å². The van der Waals surface area contributed by atoms with Crippen LogP contribution in [-0.2, 0) is 0 Å². The van der Waals surface area contributed by atoms with Crippen LogP contribution in [0.3, 0.4) is 0 Å². The Balaban J connectivity index is 1.75. The first-order valence-electron chi connectivity index (χ1n) is 7.00. The number of hydrogen-bond donors (Lipinski definition) is 2. The molecule has 0 bridgehead atoms. The fraction of sp³-hybridized carbons (Fsp3) is 0.188. The summed E-state index contributed by atoms with van der Waals surface area (Å²) in [5.41, 5.74) is 0.994. The van der Waals surface area contributed by atoms with Crippen LogP contribution in [0.25, 0.3) is 0 Å². The topological polar surface area (TPSA) is 78.1 Å². The summed E-state index contributed by atoms with van der Waals surface area (Å²) in [6.45, 7) is 0.173. The van der Waals surface area contributed by atoms with Crippen LogP contribution in [-0.4, -0.2) is 27.0 Å². The highest BCUT2D eigenvalue weighted by molar-refractivity contribution is 6.32. The molecule has 2 aromatic rings. The molecule has 0 aliphatic carbocycles. The molecule has 7 nitrogen and oxygen atoms in total. The molecular weight excluding hydrogens is 336 g/mol. The zero-order chi connectivity index (χ0) is 17.1. The van der Waals surface area contributed by atoms with Gasteiger partial charge in [0.25, 0.3) is 0 Å². The monoisotopic (exact) mass is 350 g/mol. The van der Waals surface area contributed by atoms with E-state index >= 15 is 0 Å². The zero-order valence-electron chi connectivity index (χ0n) is 13.0. The van der Waals surface area contributed by atoms with E-state index in [1.54, 1.807) is 30.3 Å². The number of carbonyl (C=O) groups is 1. The van der Waals surface area contributed by atoms with Crippen molar-refractivity contribution in [2.24, 2.45) is 0 Å². The molecule has 0 spiro atoms. The number of amides is 2. The predicted octanol–water partition coefficient (Wildman–Crippen LogP) is 3.73. The molecular formula is C16H15ClN2O5. The summed E-state index contributed by atoms with van der Waals surface area (Å²) >= 11 is 6.04. The lowest BCUT2D eigenvalue weighted by Crippen LogP contribution is -2.19. The maximum absolute atomic E-state index is 12.2. The number of urea groups is 1. The molecule has 2 amide bonds. The van der Waals surface area contributed by atoms with E-state index in [1.165, 1.54) is 14.2 Å². The molecule has 0 radical (unpaired) electrons. The first-order valence-corrected chi connectivity index (χ1v) is 7.37. The smallest absolute Gasteiger partial charge is 0.323 e. The van der Waals surface area contributed by atoms with Crippen LogP contribution in [0.4, 0.5) is 16.2 Å². The maximum Gasteiger partial charge on any atom is 0.323 e. The van der Waals surface area contributed by atoms with Gasteiger partial charge in [-0.15, -0.1) is 0 Å². The van der Waals surface area contributed by atoms with Crippen molar-refractivity contribution < 1.29 is 23.7 Å². The highest BCUT2D eigenvalue weighted by atomic mass is 35.5. The van der Waals surface area contributed by atoms with Crippen LogP contribution in [0, 0.1) is 0 Å². The van der Waals surface area contributed by atoms with Crippen LogP contribution in [0.1, 0.15) is 0 Å². The van der Waals surface area contributed by atoms with Crippen LogP contribution in [0.15, 0.2) is 30.3 Å². The van der Waals surface area contributed by atoms with Gasteiger partial charge < -0.3 is 29.6 Å². The highest BCUT2D eigenvalue weighted by Crippen LogP contribution is 2.36. The number of ether oxygens (including phenoxy) is 4. The van der Waals surface area contributed by atoms with E-state index in [0.29, 0.717) is 39.4 Å². The summed E-state index contributed by atoms with van der Waals surface area (Å²) in [4.78, 5) is 12.2. The third kappa shape index (κ3) is 3.26. The standard InChI is InChI=1S/C16H15ClN2O5/c1-21-13-7-11(14(22-2)6-10(13)17)19-16(20)18-9-3-4-12-15(5-9)24-8-23-12/h3-7H,8H2,1-2H3,(H2,18,19,20). The second kappa shape index (κ2) is 6.76. The summed E-state index contributed by atoms with van der Waals surface area (Å²) in [7, 11) is 2.98. The Morgan fingerprint density at radius 2 is 1.79 bits per heavy atom. The molecule has 0 aromatic heterocycles. The molecule has 2 N–H and O–H groups in total. The fourth-order valence-electron chi connectivity index (χ4n) is 2.22. The minimum absolute atomic E-state index is 0.173. The number of benzene rings is 2. The minimum Gasteiger partial charge on any atom is -0.495 e. The number of halogens is 1. The largest absolute Gasteiger partial charge is 0.495 e. The quantitative estimate of drug-likeness (QED) is 0.878. The average molecular weight is 351 g/mol. The Bertz CT molecular complexity index is 781. The van der Waals surface area contributed by atoms with Gasteiger partial charge in [0.05, 0.1) is 24.9 Å². The molecule has 1 aliphatic heterocycles. The second-order valence-corrected chi connectivity index (χ2v) is 5.24. The second-order valence-electron chi connectivity index (χ2n) is 4.83. The van der Waals surface area contributed by atoms with E-state index in [1.807, 2.05) is 0 Å². The Morgan fingerprint density at radius 1 is 1.04 bits per heavy atom. The summed E-state index contributed by atoms with van der Waals surface area (Å²) in [6, 6.07) is 7.83. The van der Waals surface area contributed by atoms with Crippen molar-refractivity contribution in [3.05, 3.63) is 35.4 Å². The molecule has 0 atom stereocenters. The Morgan fingerprint density at radius 3 is 2.54 bits per heavy atom. The molecule has 0 fully saturated rings. The molecule has 24 heavy (non-hydrogen) atoms. The summed E-state index contributed by atoms with van der Waals surface area (Å²) < 4.78 is 20.9. The Labute approximate surface area is 143 Å². The fourth-order valence-corrected chi connectivity index (χ4v) is 2.45. The molecule has 1 aliphatic rings. The Hall–Kier alpha value is -2.80. The normalized spacial score (nSPS) is 11.8. The van der Waals surface area contributed by atoms with Crippen molar-refractivity contribution >= 4 is 29.0 Å². The highest BCUT2D eigenvalue weighted by Gasteiger charge is 2.16. The maximum atomic E-state index is 12.2. The van der Waals surface area contributed by atoms with Crippen molar-refractivity contribution in [2.75, 3.05) is 31.6 Å². The molecule has 3 rings (SSSR count). The first-order chi connectivity index (χ1) is 11.6. The lowest BCUT2D eigenvalue weighted by atomic mass is 10.2. The van der Waals surface area contributed by atoms with Gasteiger partial charge in [-0.3, -0.25) is 0 Å². The van der Waals surface area contributed by atoms with Crippen molar-refractivity contribution in [1.82, 2.24) is 0 Å². The van der Waals surface area contributed by atoms with E-state index in [-0.39, 0.29) is 6.79 Å². The van der Waals surface area contributed by atoms with Gasteiger partial charge in [-0.2, -0.15) is 0 Å². The number of anilines is 2. The van der Waals surface area contributed by atoms with Crippen LogP contribution >= 0.6 is 11.6 Å². The van der Waals surface area contributed by atoms with Gasteiger partial charge >= 0.3 is 6.03 Å². The molecule has 0 unspecified atom stereocenters. The summed E-state index contributed by atoms with van der Waals surface area (Å²) in [5.74, 6) is 2.07.